The van der Waals surface area contributed by atoms with Crippen LogP contribution in [0.4, 0.5) is 13.2 Å². The fraction of sp³-hybridized carbons (Fsp3) is 0.667. The topological polar surface area (TPSA) is 54.3 Å². The minimum Gasteiger partial charge on any atom is -0.338 e. The Morgan fingerprint density at radius 1 is 1.05 bits per heavy atom. The van der Waals surface area contributed by atoms with Crippen LogP contribution in [0.15, 0.2) is 18.2 Å². The number of aromatic nitrogens is 3. The molecule has 204 valence electrons. The smallest absolute Gasteiger partial charge is 0.338 e. The second-order valence-corrected chi connectivity index (χ2v) is 12.0. The molecule has 0 unspecified atom stereocenters. The number of likely N-dealkylation sites (tertiary alicyclic amines) is 2. The average molecular weight is 540 g/mol. The zero-order valence-corrected chi connectivity index (χ0v) is 22.9. The van der Waals surface area contributed by atoms with E-state index in [4.69, 9.17) is 11.6 Å². The van der Waals surface area contributed by atoms with Crippen LogP contribution in [0.1, 0.15) is 75.9 Å². The monoisotopic (exact) mass is 539 g/mol. The molecule has 6 nitrogen and oxygen atoms in total. The minimum atomic E-state index is -4.60. The molecule has 2 aromatic rings. The molecule has 2 aliphatic rings. The van der Waals surface area contributed by atoms with E-state index in [-0.39, 0.29) is 33.4 Å². The molecule has 1 spiro atoms. The van der Waals surface area contributed by atoms with Crippen LogP contribution in [-0.4, -0.2) is 63.2 Å². The highest BCUT2D eigenvalue weighted by atomic mass is 35.5. The van der Waals surface area contributed by atoms with Gasteiger partial charge in [-0.15, -0.1) is 0 Å². The highest BCUT2D eigenvalue weighted by molar-refractivity contribution is 6.33. The van der Waals surface area contributed by atoms with Gasteiger partial charge in [-0.05, 0) is 81.6 Å². The fourth-order valence-electron chi connectivity index (χ4n) is 5.33. The van der Waals surface area contributed by atoms with E-state index in [1.165, 1.54) is 23.2 Å². The number of nitrogens with zero attached hydrogens (tertiary/aromatic N) is 5. The number of halogens is 4. The Morgan fingerprint density at radius 2 is 1.68 bits per heavy atom. The summed E-state index contributed by atoms with van der Waals surface area (Å²) in [6.07, 6.45) is 0.684. The summed E-state index contributed by atoms with van der Waals surface area (Å²) in [5.41, 5.74) is -0.241. The average Bonchev–Trinajstić information content (AvgIpc) is 3.19. The van der Waals surface area contributed by atoms with Gasteiger partial charge in [0.1, 0.15) is 22.1 Å². The molecule has 2 saturated heterocycles. The van der Waals surface area contributed by atoms with E-state index in [0.29, 0.717) is 25.0 Å². The zero-order chi connectivity index (χ0) is 27.0. The van der Waals surface area contributed by atoms with Gasteiger partial charge >= 0.3 is 6.18 Å². The van der Waals surface area contributed by atoms with Crippen molar-refractivity contribution in [1.29, 1.82) is 0 Å². The van der Waals surface area contributed by atoms with Crippen molar-refractivity contribution in [2.24, 2.45) is 10.8 Å². The number of amides is 1. The lowest BCUT2D eigenvalue weighted by Gasteiger charge is -2.47. The predicted octanol–water partition coefficient (Wildman–Crippen LogP) is 6.39. The summed E-state index contributed by atoms with van der Waals surface area (Å²) >= 11 is 6.54. The molecule has 0 saturated carbocycles. The van der Waals surface area contributed by atoms with Gasteiger partial charge in [0.05, 0.1) is 5.69 Å². The van der Waals surface area contributed by atoms with Crippen molar-refractivity contribution in [2.75, 3.05) is 32.7 Å². The quantitative estimate of drug-likeness (QED) is 0.441. The van der Waals surface area contributed by atoms with Gasteiger partial charge < -0.3 is 9.80 Å². The normalized spacial score (nSPS) is 19.0. The summed E-state index contributed by atoms with van der Waals surface area (Å²) in [7, 11) is 0. The second kappa shape index (κ2) is 10.6. The Balaban J connectivity index is 1.47. The first kappa shape index (κ1) is 27.9. The van der Waals surface area contributed by atoms with E-state index in [1.807, 2.05) is 6.92 Å². The van der Waals surface area contributed by atoms with E-state index in [9.17, 15) is 18.0 Å². The molecule has 37 heavy (non-hydrogen) atoms. The minimum absolute atomic E-state index is 0.0108. The molecule has 2 aliphatic heterocycles. The lowest BCUT2D eigenvalue weighted by Crippen LogP contribution is -2.48. The maximum atomic E-state index is 13.7. The van der Waals surface area contributed by atoms with Crippen molar-refractivity contribution >= 4 is 17.5 Å². The van der Waals surface area contributed by atoms with Gasteiger partial charge in [-0.2, -0.15) is 18.3 Å². The maximum absolute atomic E-state index is 13.7. The highest BCUT2D eigenvalue weighted by Gasteiger charge is 2.40. The summed E-state index contributed by atoms with van der Waals surface area (Å²) in [5.74, 6) is -0.295. The van der Waals surface area contributed by atoms with Crippen LogP contribution in [0.3, 0.4) is 0 Å². The first-order valence-electron chi connectivity index (χ1n) is 13.1. The first-order chi connectivity index (χ1) is 17.3. The molecule has 10 heteroatoms. The number of hydrogen-bond donors (Lipinski definition) is 0. The highest BCUT2D eigenvalue weighted by Crippen LogP contribution is 2.42. The number of rotatable bonds is 5. The predicted molar refractivity (Wildman–Crippen MR) is 138 cm³/mol. The van der Waals surface area contributed by atoms with Crippen molar-refractivity contribution in [3.05, 3.63) is 34.6 Å². The number of alkyl halides is 3. The van der Waals surface area contributed by atoms with Crippen LogP contribution in [0.5, 0.6) is 0 Å². The lowest BCUT2D eigenvalue weighted by molar-refractivity contribution is -0.141. The van der Waals surface area contributed by atoms with E-state index >= 15 is 0 Å². The van der Waals surface area contributed by atoms with Gasteiger partial charge in [0.15, 0.2) is 0 Å². The van der Waals surface area contributed by atoms with Gasteiger partial charge in [0.25, 0.3) is 5.91 Å². The second-order valence-electron chi connectivity index (χ2n) is 11.7. The molecule has 2 fully saturated rings. The standard InChI is InChI=1S/C27H37ClF3N5O/c1-5-36-23(28)21(22(33-36)19-7-6-8-20(32-19)27(29,30)31)24(37)35-17-12-26(13-18-35)10-15-34(16-11-26)14-9-25(2,3)4/h6-8H,5,9-18H2,1-4H3. The Bertz CT molecular complexity index is 1110. The molecule has 0 N–H and O–H groups in total. The fourth-order valence-corrected chi connectivity index (χ4v) is 5.66. The van der Waals surface area contributed by atoms with Crippen molar-refractivity contribution < 1.29 is 18.0 Å². The number of carbonyl (C=O) groups is 1. The largest absolute Gasteiger partial charge is 0.433 e. The van der Waals surface area contributed by atoms with Gasteiger partial charge in [-0.25, -0.2) is 4.98 Å². The van der Waals surface area contributed by atoms with Gasteiger partial charge in [0, 0.05) is 19.6 Å². The van der Waals surface area contributed by atoms with Crippen molar-refractivity contribution in [3.63, 3.8) is 0 Å². The molecule has 2 aromatic heterocycles. The molecule has 0 atom stereocenters. The van der Waals surface area contributed by atoms with Crippen LogP contribution in [0.2, 0.25) is 5.15 Å². The van der Waals surface area contributed by atoms with Crippen molar-refractivity contribution in [1.82, 2.24) is 24.6 Å². The van der Waals surface area contributed by atoms with Crippen LogP contribution in [0, 0.1) is 10.8 Å². The third-order valence-electron chi connectivity index (χ3n) is 7.89. The van der Waals surface area contributed by atoms with E-state index in [1.54, 1.807) is 4.90 Å². The Morgan fingerprint density at radius 3 is 2.24 bits per heavy atom. The molecular formula is C27H37ClF3N5O. The Hall–Kier alpha value is -2.13. The number of hydrogen-bond acceptors (Lipinski definition) is 4. The molecule has 0 aromatic carbocycles. The summed E-state index contributed by atoms with van der Waals surface area (Å²) in [5, 5.41) is 4.50. The van der Waals surface area contributed by atoms with E-state index < -0.39 is 11.9 Å². The lowest BCUT2D eigenvalue weighted by atomic mass is 9.71. The van der Waals surface area contributed by atoms with Gasteiger partial charge in [-0.3, -0.25) is 9.48 Å². The van der Waals surface area contributed by atoms with Gasteiger partial charge in [-0.1, -0.05) is 38.4 Å². The maximum Gasteiger partial charge on any atom is 0.433 e. The summed E-state index contributed by atoms with van der Waals surface area (Å²) in [6.45, 7) is 13.5. The summed E-state index contributed by atoms with van der Waals surface area (Å²) in [6, 6.07) is 3.61. The number of pyridine rings is 1. The zero-order valence-electron chi connectivity index (χ0n) is 22.2. The van der Waals surface area contributed by atoms with Crippen LogP contribution < -0.4 is 0 Å². The Labute approximate surface area is 222 Å². The molecule has 4 rings (SSSR count). The first-order valence-corrected chi connectivity index (χ1v) is 13.5. The van der Waals surface area contributed by atoms with Crippen LogP contribution in [0.25, 0.3) is 11.4 Å². The van der Waals surface area contributed by atoms with Crippen molar-refractivity contribution in [3.8, 4) is 11.4 Å². The third-order valence-corrected chi connectivity index (χ3v) is 8.28. The SMILES string of the molecule is CCn1nc(-c2cccc(C(F)(F)F)n2)c(C(=O)N2CCC3(CCN(CCC(C)(C)C)CC3)CC2)c1Cl. The third kappa shape index (κ3) is 6.30. The molecule has 4 heterocycles. The molecule has 1 amide bonds. The number of aryl methyl sites for hydroxylation is 1. The molecule has 0 radical (unpaired) electrons. The van der Waals surface area contributed by atoms with Crippen molar-refractivity contribution in [2.45, 2.75) is 72.5 Å². The van der Waals surface area contributed by atoms with E-state index in [2.05, 4.69) is 35.8 Å². The molecule has 0 aliphatic carbocycles. The van der Waals surface area contributed by atoms with Crippen LogP contribution >= 0.6 is 11.6 Å². The molecule has 0 bridgehead atoms. The number of piperidine rings is 2. The van der Waals surface area contributed by atoms with Gasteiger partial charge in [0.2, 0.25) is 0 Å². The van der Waals surface area contributed by atoms with Crippen LogP contribution in [-0.2, 0) is 12.7 Å². The molecular weight excluding hydrogens is 503 g/mol. The Kier molecular flexibility index (Phi) is 7.96. The summed E-state index contributed by atoms with van der Waals surface area (Å²) < 4.78 is 41.3. The number of carbonyl (C=O) groups excluding carboxylic acids is 1. The van der Waals surface area contributed by atoms with E-state index in [0.717, 1.165) is 51.4 Å². The summed E-state index contributed by atoms with van der Waals surface area (Å²) in [4.78, 5) is 21.8.